The quantitative estimate of drug-likeness (QED) is 0.921. The molecule has 0 saturated carbocycles. The summed E-state index contributed by atoms with van der Waals surface area (Å²) >= 11 is 3.60. The predicted molar refractivity (Wildman–Crippen MR) is 77.8 cm³/mol. The smallest absolute Gasteiger partial charge is 0.0508 e. The zero-order valence-corrected chi connectivity index (χ0v) is 12.3. The Hall–Kier alpha value is -0.540. The van der Waals surface area contributed by atoms with Gasteiger partial charge in [-0.2, -0.15) is 0 Å². The number of rotatable bonds is 3. The Labute approximate surface area is 113 Å². The third-order valence-corrected chi connectivity index (χ3v) is 4.06. The van der Waals surface area contributed by atoms with Gasteiger partial charge in [-0.1, -0.05) is 12.5 Å². The van der Waals surface area contributed by atoms with E-state index in [1.165, 1.54) is 41.5 Å². The summed E-state index contributed by atoms with van der Waals surface area (Å²) in [7, 11) is 4.17. The highest BCUT2D eigenvalue weighted by molar-refractivity contribution is 9.10. The summed E-state index contributed by atoms with van der Waals surface area (Å²) in [4.78, 5) is 2.15. The van der Waals surface area contributed by atoms with E-state index in [0.717, 1.165) is 6.42 Å². The molecule has 1 heterocycles. The molecule has 0 radical (unpaired) electrons. The van der Waals surface area contributed by atoms with Gasteiger partial charge in [0.15, 0.2) is 0 Å². The van der Waals surface area contributed by atoms with E-state index in [1.807, 2.05) is 0 Å². The zero-order chi connectivity index (χ0) is 12.3. The summed E-state index contributed by atoms with van der Waals surface area (Å²) in [6.45, 7) is 1.18. The molecule has 0 bridgehead atoms. The second-order valence-electron chi connectivity index (χ2n) is 5.03. The number of piperidine rings is 1. The number of halogens is 1. The summed E-state index contributed by atoms with van der Waals surface area (Å²) in [6, 6.07) is 7.35. The predicted octanol–water partition coefficient (Wildman–Crippen LogP) is 3.20. The Balaban J connectivity index is 2.07. The van der Waals surface area contributed by atoms with Crippen LogP contribution in [-0.4, -0.2) is 26.7 Å². The van der Waals surface area contributed by atoms with Crippen LogP contribution in [0.1, 0.15) is 24.8 Å². The van der Waals surface area contributed by atoms with Gasteiger partial charge >= 0.3 is 0 Å². The minimum atomic E-state index is 0.667. The molecule has 0 amide bonds. The summed E-state index contributed by atoms with van der Waals surface area (Å²) in [5.74, 6) is 0. The van der Waals surface area contributed by atoms with Crippen LogP contribution in [0.15, 0.2) is 22.7 Å². The first-order valence-corrected chi connectivity index (χ1v) is 7.15. The molecule has 1 unspecified atom stereocenters. The maximum absolute atomic E-state index is 3.61. The number of hydrogen-bond donors (Lipinski definition) is 1. The summed E-state index contributed by atoms with van der Waals surface area (Å²) in [6.07, 6.45) is 5.16. The maximum Gasteiger partial charge on any atom is 0.0508 e. The number of hydrogen-bond acceptors (Lipinski definition) is 2. The molecule has 0 spiro atoms. The summed E-state index contributed by atoms with van der Waals surface area (Å²) in [5.41, 5.74) is 2.69. The van der Waals surface area contributed by atoms with E-state index < -0.39 is 0 Å². The Morgan fingerprint density at radius 2 is 2.18 bits per heavy atom. The topological polar surface area (TPSA) is 15.3 Å². The van der Waals surface area contributed by atoms with Gasteiger partial charge in [0.05, 0.1) is 5.69 Å². The zero-order valence-electron chi connectivity index (χ0n) is 10.7. The minimum Gasteiger partial charge on any atom is -0.377 e. The molecule has 1 saturated heterocycles. The van der Waals surface area contributed by atoms with Crippen molar-refractivity contribution in [2.24, 2.45) is 0 Å². The molecule has 1 N–H and O–H groups in total. The van der Waals surface area contributed by atoms with Gasteiger partial charge in [-0.05, 0) is 59.4 Å². The van der Waals surface area contributed by atoms with Crippen LogP contribution in [0.4, 0.5) is 5.69 Å². The molecule has 0 aromatic heterocycles. The molecule has 2 nitrogen and oxygen atoms in total. The Morgan fingerprint density at radius 1 is 1.35 bits per heavy atom. The summed E-state index contributed by atoms with van der Waals surface area (Å²) in [5, 5.41) is 3.61. The van der Waals surface area contributed by atoms with Crippen LogP contribution >= 0.6 is 15.9 Å². The average Bonchev–Trinajstić information content (AvgIpc) is 2.32. The Bertz CT molecular complexity index is 370. The van der Waals surface area contributed by atoms with Gasteiger partial charge in [0.1, 0.15) is 0 Å². The SMILES string of the molecule is CN(C)c1cc(CC2CCCCN2)ccc1Br. The second kappa shape index (κ2) is 5.87. The van der Waals surface area contributed by atoms with Crippen molar-refractivity contribution in [1.82, 2.24) is 5.32 Å². The fraction of sp³-hybridized carbons (Fsp3) is 0.571. The molecule has 2 rings (SSSR count). The third-order valence-electron chi connectivity index (χ3n) is 3.39. The van der Waals surface area contributed by atoms with Crippen molar-refractivity contribution in [2.75, 3.05) is 25.5 Å². The highest BCUT2D eigenvalue weighted by Crippen LogP contribution is 2.26. The highest BCUT2D eigenvalue weighted by Gasteiger charge is 2.13. The van der Waals surface area contributed by atoms with E-state index in [9.17, 15) is 0 Å². The number of nitrogens with zero attached hydrogens (tertiary/aromatic N) is 1. The van der Waals surface area contributed by atoms with Crippen molar-refractivity contribution in [3.63, 3.8) is 0 Å². The monoisotopic (exact) mass is 296 g/mol. The Morgan fingerprint density at radius 3 is 2.82 bits per heavy atom. The van der Waals surface area contributed by atoms with Crippen LogP contribution in [0.5, 0.6) is 0 Å². The third kappa shape index (κ3) is 3.46. The van der Waals surface area contributed by atoms with Crippen LogP contribution in [-0.2, 0) is 6.42 Å². The van der Waals surface area contributed by atoms with Gasteiger partial charge in [-0.3, -0.25) is 0 Å². The number of nitrogens with one attached hydrogen (secondary N) is 1. The van der Waals surface area contributed by atoms with E-state index in [4.69, 9.17) is 0 Å². The van der Waals surface area contributed by atoms with Gasteiger partial charge in [0, 0.05) is 24.6 Å². The molecule has 0 aliphatic carbocycles. The first-order chi connectivity index (χ1) is 8.16. The molecule has 1 aromatic rings. The lowest BCUT2D eigenvalue weighted by Gasteiger charge is -2.24. The molecule has 17 heavy (non-hydrogen) atoms. The van der Waals surface area contributed by atoms with Crippen LogP contribution in [0, 0.1) is 0 Å². The standard InChI is InChI=1S/C14H21BrN2/c1-17(2)14-10-11(6-7-13(14)15)9-12-5-3-4-8-16-12/h6-7,10,12,16H,3-5,8-9H2,1-2H3. The molecular weight excluding hydrogens is 276 g/mol. The molecule has 3 heteroatoms. The largest absolute Gasteiger partial charge is 0.377 e. The molecule has 1 aliphatic heterocycles. The lowest BCUT2D eigenvalue weighted by atomic mass is 9.97. The van der Waals surface area contributed by atoms with Gasteiger partial charge in [0.2, 0.25) is 0 Å². The van der Waals surface area contributed by atoms with Crippen molar-refractivity contribution in [3.05, 3.63) is 28.2 Å². The van der Waals surface area contributed by atoms with Crippen molar-refractivity contribution < 1.29 is 0 Å². The van der Waals surface area contributed by atoms with Crippen molar-refractivity contribution in [3.8, 4) is 0 Å². The van der Waals surface area contributed by atoms with Gasteiger partial charge in [-0.25, -0.2) is 0 Å². The molecule has 94 valence electrons. The van der Waals surface area contributed by atoms with Crippen LogP contribution in [0.2, 0.25) is 0 Å². The molecule has 1 fully saturated rings. The normalized spacial score (nSPS) is 20.3. The van der Waals surface area contributed by atoms with Crippen molar-refractivity contribution >= 4 is 21.6 Å². The van der Waals surface area contributed by atoms with Crippen LogP contribution in [0.3, 0.4) is 0 Å². The van der Waals surface area contributed by atoms with E-state index >= 15 is 0 Å². The fourth-order valence-corrected chi connectivity index (χ4v) is 3.01. The number of benzene rings is 1. The van der Waals surface area contributed by atoms with Crippen molar-refractivity contribution in [1.29, 1.82) is 0 Å². The lowest BCUT2D eigenvalue weighted by Crippen LogP contribution is -2.35. The van der Waals surface area contributed by atoms with Gasteiger partial charge in [-0.15, -0.1) is 0 Å². The van der Waals surface area contributed by atoms with E-state index in [1.54, 1.807) is 0 Å². The van der Waals surface area contributed by atoms with E-state index in [0.29, 0.717) is 6.04 Å². The molecule has 1 aliphatic rings. The van der Waals surface area contributed by atoms with Crippen LogP contribution < -0.4 is 10.2 Å². The lowest BCUT2D eigenvalue weighted by molar-refractivity contribution is 0.399. The summed E-state index contributed by atoms with van der Waals surface area (Å²) < 4.78 is 1.17. The molecular formula is C14H21BrN2. The maximum atomic E-state index is 3.61. The van der Waals surface area contributed by atoms with E-state index in [-0.39, 0.29) is 0 Å². The molecule has 1 aromatic carbocycles. The highest BCUT2D eigenvalue weighted by atomic mass is 79.9. The molecule has 1 atom stereocenters. The first-order valence-electron chi connectivity index (χ1n) is 6.36. The van der Waals surface area contributed by atoms with Gasteiger partial charge in [0.25, 0.3) is 0 Å². The minimum absolute atomic E-state index is 0.667. The fourth-order valence-electron chi connectivity index (χ4n) is 2.41. The van der Waals surface area contributed by atoms with Crippen molar-refractivity contribution in [2.45, 2.75) is 31.7 Å². The van der Waals surface area contributed by atoms with Gasteiger partial charge < -0.3 is 10.2 Å². The average molecular weight is 297 g/mol. The second-order valence-corrected chi connectivity index (χ2v) is 5.89. The van der Waals surface area contributed by atoms with E-state index in [2.05, 4.69) is 58.4 Å². The first kappa shape index (κ1) is 12.9. The Kier molecular flexibility index (Phi) is 4.46. The van der Waals surface area contributed by atoms with Crippen LogP contribution in [0.25, 0.3) is 0 Å². The number of anilines is 1.